The first-order valence-electron chi connectivity index (χ1n) is 9.42. The normalized spacial score (nSPS) is 12.0. The molecule has 2 aromatic carbocycles. The van der Waals surface area contributed by atoms with Gasteiger partial charge in [0.25, 0.3) is 11.5 Å². The van der Waals surface area contributed by atoms with Crippen LogP contribution in [0.3, 0.4) is 0 Å². The summed E-state index contributed by atoms with van der Waals surface area (Å²) in [4.78, 5) is 32.4. The lowest BCUT2D eigenvalue weighted by Gasteiger charge is -2.29. The van der Waals surface area contributed by atoms with E-state index in [2.05, 4.69) is 0 Å². The van der Waals surface area contributed by atoms with E-state index in [-0.39, 0.29) is 17.5 Å². The number of aromatic nitrogens is 2. The molecule has 146 valence electrons. The molecule has 3 rings (SSSR count). The van der Waals surface area contributed by atoms with Crippen LogP contribution in [0.25, 0.3) is 10.9 Å². The van der Waals surface area contributed by atoms with Crippen LogP contribution in [0.4, 0.5) is 0 Å². The van der Waals surface area contributed by atoms with Crippen LogP contribution in [-0.2, 0) is 6.54 Å². The van der Waals surface area contributed by atoms with Gasteiger partial charge in [0.1, 0.15) is 11.6 Å². The monoisotopic (exact) mass is 379 g/mol. The average molecular weight is 379 g/mol. The summed E-state index contributed by atoms with van der Waals surface area (Å²) in [7, 11) is 3.32. The highest BCUT2D eigenvalue weighted by Gasteiger charge is 2.26. The molecule has 1 heterocycles. The number of nitrogens with zero attached hydrogens (tertiary/aromatic N) is 3. The summed E-state index contributed by atoms with van der Waals surface area (Å²) in [5.74, 6) is 1.09. The zero-order valence-corrected chi connectivity index (χ0v) is 16.7. The van der Waals surface area contributed by atoms with Crippen LogP contribution in [0.5, 0.6) is 5.75 Å². The topological polar surface area (TPSA) is 64.4 Å². The number of hydrogen-bond acceptors (Lipinski definition) is 4. The number of rotatable bonds is 6. The largest absolute Gasteiger partial charge is 0.497 e. The molecular formula is C22H25N3O3. The maximum Gasteiger partial charge on any atom is 0.261 e. The Labute approximate surface area is 164 Å². The van der Waals surface area contributed by atoms with Crippen LogP contribution in [0.1, 0.15) is 42.5 Å². The zero-order valence-electron chi connectivity index (χ0n) is 16.7. The first-order chi connectivity index (χ1) is 13.5. The van der Waals surface area contributed by atoms with Crippen molar-refractivity contribution in [1.29, 1.82) is 0 Å². The number of methoxy groups -OCH3 is 1. The first-order valence-corrected chi connectivity index (χ1v) is 9.42. The van der Waals surface area contributed by atoms with Crippen LogP contribution in [0, 0.1) is 0 Å². The number of amides is 1. The number of fused-ring (bicyclic) bond motifs is 1. The van der Waals surface area contributed by atoms with Gasteiger partial charge in [0, 0.05) is 19.2 Å². The molecule has 1 aromatic heterocycles. The van der Waals surface area contributed by atoms with Crippen LogP contribution < -0.4 is 10.3 Å². The average Bonchev–Trinajstić information content (AvgIpc) is 2.74. The molecule has 0 spiro atoms. The lowest BCUT2D eigenvalue weighted by atomic mass is 10.1. The van der Waals surface area contributed by atoms with Crippen molar-refractivity contribution < 1.29 is 9.53 Å². The van der Waals surface area contributed by atoms with Crippen molar-refractivity contribution in [1.82, 2.24) is 14.5 Å². The molecule has 0 aliphatic heterocycles. The molecule has 1 unspecified atom stereocenters. The fourth-order valence-electron chi connectivity index (χ4n) is 3.48. The molecule has 0 aliphatic carbocycles. The molecule has 1 amide bonds. The minimum Gasteiger partial charge on any atom is -0.497 e. The van der Waals surface area contributed by atoms with Gasteiger partial charge in [-0.15, -0.1) is 0 Å². The summed E-state index contributed by atoms with van der Waals surface area (Å²) >= 11 is 0. The van der Waals surface area contributed by atoms with Gasteiger partial charge in [-0.05, 0) is 43.7 Å². The third-order valence-corrected chi connectivity index (χ3v) is 5.00. The number of carbonyl (C=O) groups is 1. The highest BCUT2D eigenvalue weighted by molar-refractivity contribution is 5.94. The SMILES string of the molecule is CCC(c1nc2ccccc2c(=O)n1CC)N(C)C(=O)c1cccc(OC)c1. The second-order valence-electron chi connectivity index (χ2n) is 6.61. The quantitative estimate of drug-likeness (QED) is 0.656. The van der Waals surface area contributed by atoms with E-state index >= 15 is 0 Å². The second-order valence-corrected chi connectivity index (χ2v) is 6.61. The fraction of sp³-hybridized carbons (Fsp3) is 0.318. The van der Waals surface area contributed by atoms with Crippen LogP contribution in [0.2, 0.25) is 0 Å². The van der Waals surface area contributed by atoms with Gasteiger partial charge in [0.15, 0.2) is 0 Å². The lowest BCUT2D eigenvalue weighted by molar-refractivity contribution is 0.0714. The number of para-hydroxylation sites is 1. The maximum absolute atomic E-state index is 13.1. The standard InChI is InChI=1S/C22H25N3O3/c1-5-19(24(3)21(26)15-10-9-11-16(14-15)28-4)20-23-18-13-8-7-12-17(18)22(27)25(20)6-2/h7-14,19H,5-6H2,1-4H3. The molecule has 0 fully saturated rings. The van der Waals surface area contributed by atoms with Gasteiger partial charge in [-0.2, -0.15) is 0 Å². The first kappa shape index (κ1) is 19.6. The summed E-state index contributed by atoms with van der Waals surface area (Å²) < 4.78 is 6.89. The van der Waals surface area contributed by atoms with Gasteiger partial charge in [-0.3, -0.25) is 14.2 Å². The Bertz CT molecular complexity index is 1060. The molecule has 28 heavy (non-hydrogen) atoms. The minimum absolute atomic E-state index is 0.0798. The van der Waals surface area contributed by atoms with Crippen molar-refractivity contribution in [2.75, 3.05) is 14.2 Å². The zero-order chi connectivity index (χ0) is 20.3. The number of ether oxygens (including phenoxy) is 1. The van der Waals surface area contributed by atoms with E-state index < -0.39 is 0 Å². The second kappa shape index (κ2) is 8.25. The van der Waals surface area contributed by atoms with Crippen molar-refractivity contribution in [3.8, 4) is 5.75 Å². The summed E-state index contributed by atoms with van der Waals surface area (Å²) in [5, 5.41) is 0.588. The van der Waals surface area contributed by atoms with Crippen molar-refractivity contribution >= 4 is 16.8 Å². The lowest BCUT2D eigenvalue weighted by Crippen LogP contribution is -2.36. The van der Waals surface area contributed by atoms with Gasteiger partial charge in [0.2, 0.25) is 0 Å². The molecule has 1 atom stereocenters. The van der Waals surface area contributed by atoms with Crippen LogP contribution >= 0.6 is 0 Å². The number of hydrogen-bond donors (Lipinski definition) is 0. The summed E-state index contributed by atoms with van der Waals surface area (Å²) in [6.45, 7) is 4.39. The third-order valence-electron chi connectivity index (χ3n) is 5.00. The van der Waals surface area contributed by atoms with E-state index in [4.69, 9.17) is 9.72 Å². The van der Waals surface area contributed by atoms with E-state index in [1.807, 2.05) is 32.0 Å². The summed E-state index contributed by atoms with van der Waals surface area (Å²) in [5.41, 5.74) is 1.10. The molecule has 0 N–H and O–H groups in total. The molecule has 3 aromatic rings. The van der Waals surface area contributed by atoms with E-state index in [9.17, 15) is 9.59 Å². The summed E-state index contributed by atoms with van der Waals surface area (Å²) in [6, 6.07) is 14.0. The van der Waals surface area contributed by atoms with Gasteiger partial charge in [-0.1, -0.05) is 25.1 Å². The Morgan fingerprint density at radius 1 is 1.18 bits per heavy atom. The van der Waals surface area contributed by atoms with Gasteiger partial charge >= 0.3 is 0 Å². The van der Waals surface area contributed by atoms with E-state index in [1.165, 1.54) is 0 Å². The van der Waals surface area contributed by atoms with Gasteiger partial charge < -0.3 is 9.64 Å². The molecule has 0 saturated carbocycles. The maximum atomic E-state index is 13.1. The molecule has 0 radical (unpaired) electrons. The number of carbonyl (C=O) groups excluding carboxylic acids is 1. The molecule has 6 nitrogen and oxygen atoms in total. The summed E-state index contributed by atoms with van der Waals surface area (Å²) in [6.07, 6.45) is 0.636. The highest BCUT2D eigenvalue weighted by atomic mass is 16.5. The van der Waals surface area contributed by atoms with E-state index in [1.54, 1.807) is 54.0 Å². The molecule has 6 heteroatoms. The highest BCUT2D eigenvalue weighted by Crippen LogP contribution is 2.25. The molecule has 0 bridgehead atoms. The Balaban J connectivity index is 2.07. The number of benzene rings is 2. The van der Waals surface area contributed by atoms with E-state index in [0.29, 0.717) is 41.0 Å². The third kappa shape index (κ3) is 3.50. The van der Waals surface area contributed by atoms with Crippen molar-refractivity contribution in [3.63, 3.8) is 0 Å². The van der Waals surface area contributed by atoms with Crippen molar-refractivity contribution in [2.45, 2.75) is 32.9 Å². The Kier molecular flexibility index (Phi) is 5.78. The minimum atomic E-state index is -0.323. The Morgan fingerprint density at radius 2 is 1.93 bits per heavy atom. The van der Waals surface area contributed by atoms with Gasteiger partial charge in [0.05, 0.1) is 24.1 Å². The molecule has 0 saturated heterocycles. The van der Waals surface area contributed by atoms with Crippen molar-refractivity contribution in [2.24, 2.45) is 0 Å². The smallest absolute Gasteiger partial charge is 0.261 e. The van der Waals surface area contributed by atoms with Crippen molar-refractivity contribution in [3.05, 3.63) is 70.3 Å². The van der Waals surface area contributed by atoms with E-state index in [0.717, 1.165) is 0 Å². The Morgan fingerprint density at radius 3 is 2.61 bits per heavy atom. The fourth-order valence-corrected chi connectivity index (χ4v) is 3.48. The molecular weight excluding hydrogens is 354 g/mol. The predicted octanol–water partition coefficient (Wildman–Crippen LogP) is 3.65. The van der Waals surface area contributed by atoms with Gasteiger partial charge in [-0.25, -0.2) is 4.98 Å². The van der Waals surface area contributed by atoms with Crippen LogP contribution in [-0.4, -0.2) is 34.5 Å². The Hall–Kier alpha value is -3.15. The van der Waals surface area contributed by atoms with Crippen LogP contribution in [0.15, 0.2) is 53.3 Å². The molecule has 0 aliphatic rings. The predicted molar refractivity (Wildman–Crippen MR) is 110 cm³/mol.